The fraction of sp³-hybridized carbons (Fsp3) is 0.294. The van der Waals surface area contributed by atoms with E-state index in [0.717, 1.165) is 18.4 Å². The van der Waals surface area contributed by atoms with Crippen LogP contribution in [-0.4, -0.2) is 33.3 Å². The Balaban J connectivity index is 1.62. The number of rotatable bonds is 2. The van der Waals surface area contributed by atoms with E-state index in [1.54, 1.807) is 0 Å². The number of hydrogen-bond acceptors (Lipinski definition) is 5. The highest BCUT2D eigenvalue weighted by Gasteiger charge is 2.35. The Bertz CT molecular complexity index is 1020. The summed E-state index contributed by atoms with van der Waals surface area (Å²) in [5, 5.41) is 8.22. The number of piperidine rings is 1. The molecule has 1 aliphatic heterocycles. The first-order valence-corrected chi connectivity index (χ1v) is 9.27. The van der Waals surface area contributed by atoms with Crippen molar-refractivity contribution in [1.29, 1.82) is 0 Å². The van der Waals surface area contributed by atoms with Crippen LogP contribution in [0.3, 0.4) is 0 Å². The minimum Gasteiger partial charge on any atom is -0.360 e. The normalized spacial score (nSPS) is 16.6. The van der Waals surface area contributed by atoms with E-state index >= 15 is 0 Å². The summed E-state index contributed by atoms with van der Waals surface area (Å²) in [7, 11) is 0. The van der Waals surface area contributed by atoms with Crippen LogP contribution in [0.15, 0.2) is 28.9 Å². The Morgan fingerprint density at radius 2 is 2.00 bits per heavy atom. The van der Waals surface area contributed by atoms with Gasteiger partial charge < -0.3 is 15.5 Å². The number of hydrogen-bond donors (Lipinski definition) is 2. The van der Waals surface area contributed by atoms with Gasteiger partial charge in [0.05, 0.1) is 5.39 Å². The van der Waals surface area contributed by atoms with Crippen LogP contribution in [0.1, 0.15) is 18.4 Å². The van der Waals surface area contributed by atoms with Gasteiger partial charge in [0.15, 0.2) is 5.65 Å². The molecule has 0 radical (unpaired) electrons. The van der Waals surface area contributed by atoms with Gasteiger partial charge in [-0.05, 0) is 40.4 Å². The number of H-pyrrole nitrogens is 1. The third kappa shape index (κ3) is 2.82. The van der Waals surface area contributed by atoms with Crippen LogP contribution in [0.4, 0.5) is 11.8 Å². The van der Waals surface area contributed by atoms with Crippen molar-refractivity contribution >= 4 is 50.3 Å². The number of aromatic nitrogens is 4. The Hall–Kier alpha value is -2.21. The molecule has 0 spiro atoms. The van der Waals surface area contributed by atoms with Crippen molar-refractivity contribution in [3.8, 4) is 0 Å². The van der Waals surface area contributed by atoms with E-state index in [1.165, 1.54) is 0 Å². The van der Waals surface area contributed by atoms with Crippen molar-refractivity contribution in [2.24, 2.45) is 5.73 Å². The Kier molecular flexibility index (Phi) is 4.31. The Morgan fingerprint density at radius 3 is 2.69 bits per heavy atom. The van der Waals surface area contributed by atoms with E-state index in [9.17, 15) is 0 Å². The van der Waals surface area contributed by atoms with E-state index in [-0.39, 0.29) is 5.82 Å². The van der Waals surface area contributed by atoms with Crippen molar-refractivity contribution in [2.45, 2.75) is 18.4 Å². The first-order valence-electron chi connectivity index (χ1n) is 8.10. The lowest BCUT2D eigenvalue weighted by atomic mass is 9.82. The van der Waals surface area contributed by atoms with Crippen LogP contribution < -0.4 is 10.6 Å². The number of nitrogens with one attached hydrogen (secondary N) is 1. The lowest BCUT2D eigenvalue weighted by Crippen LogP contribution is -2.48. The zero-order valence-corrected chi connectivity index (χ0v) is 16.0. The van der Waals surface area contributed by atoms with Gasteiger partial charge in [-0.15, -0.1) is 0 Å². The average Bonchev–Trinajstić information content (AvgIpc) is 3.03. The molecule has 7 nitrogen and oxygen atoms in total. The van der Waals surface area contributed by atoms with Crippen LogP contribution in [0.25, 0.3) is 15.9 Å². The van der Waals surface area contributed by atoms with E-state index in [1.807, 2.05) is 29.2 Å². The molecule has 0 aliphatic carbocycles. The zero-order chi connectivity index (χ0) is 18.3. The maximum atomic E-state index is 7.39. The lowest BCUT2D eigenvalue weighted by Gasteiger charge is -2.39. The molecule has 0 unspecified atom stereocenters. The molecule has 1 aromatic carbocycles. The molecule has 132 valence electrons. The SMILES string of the molecule is [C-]#[N+]c1nc(N2CCC(N)(c3ccccc3Cl)CC2)nc2n[nH]c(Br)c12. The second-order valence-electron chi connectivity index (χ2n) is 6.32. The van der Waals surface area contributed by atoms with Gasteiger partial charge in [-0.1, -0.05) is 41.4 Å². The molecule has 1 fully saturated rings. The molecule has 9 heteroatoms. The topological polar surface area (TPSA) is 88.1 Å². The largest absolute Gasteiger partial charge is 0.360 e. The highest BCUT2D eigenvalue weighted by Crippen LogP contribution is 2.36. The summed E-state index contributed by atoms with van der Waals surface area (Å²) in [4.78, 5) is 14.5. The summed E-state index contributed by atoms with van der Waals surface area (Å²) in [6, 6.07) is 7.71. The van der Waals surface area contributed by atoms with Crippen LogP contribution in [0.5, 0.6) is 0 Å². The minimum atomic E-state index is -0.475. The second kappa shape index (κ2) is 6.50. The number of aromatic amines is 1. The third-order valence-corrected chi connectivity index (χ3v) is 5.70. The first-order chi connectivity index (χ1) is 12.5. The Morgan fingerprint density at radius 1 is 1.27 bits per heavy atom. The molecular formula is C17H15BrClN7. The quantitative estimate of drug-likeness (QED) is 0.602. The zero-order valence-electron chi connectivity index (χ0n) is 13.7. The molecule has 0 bridgehead atoms. The minimum absolute atomic E-state index is 0.279. The summed E-state index contributed by atoms with van der Waals surface area (Å²) < 4.78 is 0.614. The number of nitrogens with two attached hydrogens (primary N) is 1. The van der Waals surface area contributed by atoms with Crippen molar-refractivity contribution < 1.29 is 0 Å². The Labute approximate surface area is 163 Å². The number of fused-ring (bicyclic) bond motifs is 1. The molecule has 4 rings (SSSR count). The molecule has 3 heterocycles. The fourth-order valence-electron chi connectivity index (χ4n) is 3.32. The summed E-state index contributed by atoms with van der Waals surface area (Å²) in [6.45, 7) is 8.74. The molecule has 0 amide bonds. The van der Waals surface area contributed by atoms with Gasteiger partial charge in [0.25, 0.3) is 5.82 Å². The maximum absolute atomic E-state index is 7.39. The van der Waals surface area contributed by atoms with Gasteiger partial charge >= 0.3 is 5.95 Å². The summed E-state index contributed by atoms with van der Waals surface area (Å²) in [5.74, 6) is 0.782. The molecule has 3 aromatic rings. The first kappa shape index (κ1) is 17.2. The summed E-state index contributed by atoms with van der Waals surface area (Å²) >= 11 is 9.68. The molecule has 1 aliphatic rings. The van der Waals surface area contributed by atoms with Gasteiger partial charge in [-0.25, -0.2) is 0 Å². The standard InChI is InChI=1S/C17H15BrClN7/c1-21-14-12-13(18)24-25-15(12)23-16(22-14)26-8-6-17(20,7-9-26)10-4-2-3-5-11(10)19/h2-5H,6-9,20H2,(H,22,23,24,25). The van der Waals surface area contributed by atoms with Gasteiger partial charge in [-0.3, -0.25) is 5.10 Å². The highest BCUT2D eigenvalue weighted by atomic mass is 79.9. The van der Waals surface area contributed by atoms with E-state index in [0.29, 0.717) is 39.7 Å². The summed E-state index contributed by atoms with van der Waals surface area (Å²) in [5.41, 5.74) is 7.62. The van der Waals surface area contributed by atoms with Gasteiger partial charge in [0.1, 0.15) is 4.60 Å². The van der Waals surface area contributed by atoms with Crippen LogP contribution in [0, 0.1) is 6.57 Å². The number of nitrogens with zero attached hydrogens (tertiary/aromatic N) is 5. The average molecular weight is 433 g/mol. The highest BCUT2D eigenvalue weighted by molar-refractivity contribution is 9.10. The van der Waals surface area contributed by atoms with Gasteiger partial charge in [0.2, 0.25) is 0 Å². The lowest BCUT2D eigenvalue weighted by molar-refractivity contribution is 0.341. The molecule has 0 atom stereocenters. The molecule has 26 heavy (non-hydrogen) atoms. The van der Waals surface area contributed by atoms with E-state index < -0.39 is 5.54 Å². The van der Waals surface area contributed by atoms with Crippen LogP contribution in [0.2, 0.25) is 5.02 Å². The number of anilines is 1. The van der Waals surface area contributed by atoms with Crippen molar-refractivity contribution in [3.05, 3.63) is 50.9 Å². The predicted molar refractivity (Wildman–Crippen MR) is 104 cm³/mol. The molecule has 0 saturated carbocycles. The van der Waals surface area contributed by atoms with Crippen molar-refractivity contribution in [3.63, 3.8) is 0 Å². The second-order valence-corrected chi connectivity index (χ2v) is 7.52. The third-order valence-electron chi connectivity index (χ3n) is 4.79. The molecule has 1 saturated heterocycles. The van der Waals surface area contributed by atoms with Crippen LogP contribution in [-0.2, 0) is 5.54 Å². The molecule has 3 N–H and O–H groups in total. The van der Waals surface area contributed by atoms with Gasteiger partial charge in [-0.2, -0.15) is 10.1 Å². The monoisotopic (exact) mass is 431 g/mol. The predicted octanol–water partition coefficient (Wildman–Crippen LogP) is 3.77. The van der Waals surface area contributed by atoms with Crippen molar-refractivity contribution in [1.82, 2.24) is 20.2 Å². The molecule has 2 aromatic heterocycles. The van der Waals surface area contributed by atoms with Crippen LogP contribution >= 0.6 is 27.5 Å². The van der Waals surface area contributed by atoms with Gasteiger partial charge in [0, 0.05) is 23.7 Å². The summed E-state index contributed by atoms with van der Waals surface area (Å²) in [6.07, 6.45) is 1.44. The van der Waals surface area contributed by atoms with E-state index in [4.69, 9.17) is 23.9 Å². The maximum Gasteiger partial charge on any atom is 0.324 e. The van der Waals surface area contributed by atoms with E-state index in [2.05, 4.69) is 40.9 Å². The van der Waals surface area contributed by atoms with Crippen molar-refractivity contribution in [2.75, 3.05) is 18.0 Å². The fourth-order valence-corrected chi connectivity index (χ4v) is 4.09. The smallest absolute Gasteiger partial charge is 0.324 e. The molecular weight excluding hydrogens is 418 g/mol. The number of benzene rings is 1. The number of halogens is 2.